The summed E-state index contributed by atoms with van der Waals surface area (Å²) in [4.78, 5) is 0. The summed E-state index contributed by atoms with van der Waals surface area (Å²) in [5.74, 6) is 5.09. The molecule has 0 atom stereocenters. The molecule has 0 aromatic rings. The zero-order valence-corrected chi connectivity index (χ0v) is 4.54. The number of allylic oxidation sites excluding steroid dienone is 2. The van der Waals surface area contributed by atoms with Crippen LogP contribution in [0.3, 0.4) is 0 Å². The van der Waals surface area contributed by atoms with Gasteiger partial charge in [-0.25, -0.2) is 0 Å². The van der Waals surface area contributed by atoms with Gasteiger partial charge in [-0.05, 0) is 6.08 Å². The Labute approximate surface area is 48.4 Å². The maximum atomic E-state index is 5.15. The van der Waals surface area contributed by atoms with Gasteiger partial charge in [0.05, 0.1) is 0 Å². The van der Waals surface area contributed by atoms with Gasteiger partial charge in [-0.1, -0.05) is 18.7 Å². The molecule has 0 saturated heterocycles. The monoisotopic (exact) mass is 111 g/mol. The zero-order valence-electron chi connectivity index (χ0n) is 4.54. The van der Waals surface area contributed by atoms with E-state index in [1.54, 1.807) is 18.2 Å². The Morgan fingerprint density at radius 2 is 2.25 bits per heavy atom. The van der Waals surface area contributed by atoms with Crippen LogP contribution in [0.15, 0.2) is 29.9 Å². The molecule has 8 heavy (non-hydrogen) atoms. The first-order valence-corrected chi connectivity index (χ1v) is 2.13. The van der Waals surface area contributed by atoms with Gasteiger partial charge in [0.1, 0.15) is 5.84 Å². The summed E-state index contributed by atoms with van der Waals surface area (Å²) in [6.07, 6.45) is 4.82. The van der Waals surface area contributed by atoms with Gasteiger partial charge in [0.2, 0.25) is 0 Å². The lowest BCUT2D eigenvalue weighted by Crippen LogP contribution is -2.09. The molecule has 0 bridgehead atoms. The third-order valence-electron chi connectivity index (χ3n) is 0.552. The van der Waals surface area contributed by atoms with Gasteiger partial charge in [0.15, 0.2) is 0 Å². The molecular formula is C5H9N3. The molecule has 0 spiro atoms. The maximum Gasteiger partial charge on any atom is 0.142 e. The van der Waals surface area contributed by atoms with Crippen molar-refractivity contribution in [3.8, 4) is 0 Å². The zero-order chi connectivity index (χ0) is 6.41. The summed E-state index contributed by atoms with van der Waals surface area (Å²) < 4.78 is 0. The van der Waals surface area contributed by atoms with Crippen molar-refractivity contribution in [2.45, 2.75) is 0 Å². The Kier molecular flexibility index (Phi) is 3.31. The second-order valence-electron chi connectivity index (χ2n) is 1.15. The molecule has 0 unspecified atom stereocenters. The van der Waals surface area contributed by atoms with Crippen LogP contribution in [0.4, 0.5) is 0 Å². The predicted octanol–water partition coefficient (Wildman–Crippen LogP) is -0.0405. The van der Waals surface area contributed by atoms with Crippen LogP contribution in [0.2, 0.25) is 0 Å². The van der Waals surface area contributed by atoms with Crippen molar-refractivity contribution < 1.29 is 0 Å². The molecule has 0 aliphatic heterocycles. The summed E-state index contributed by atoms with van der Waals surface area (Å²) in [6, 6.07) is 0. The third kappa shape index (κ3) is 2.96. The van der Waals surface area contributed by atoms with Crippen molar-refractivity contribution in [3.63, 3.8) is 0 Å². The molecule has 3 nitrogen and oxygen atoms in total. The van der Waals surface area contributed by atoms with Crippen molar-refractivity contribution in [1.29, 1.82) is 0 Å². The quantitative estimate of drug-likeness (QED) is 0.173. The Balaban J connectivity index is 3.69. The summed E-state index contributed by atoms with van der Waals surface area (Å²) in [7, 11) is 0. The van der Waals surface area contributed by atoms with Crippen LogP contribution in [0.5, 0.6) is 0 Å². The minimum absolute atomic E-state index is 0.296. The molecule has 0 aromatic heterocycles. The highest BCUT2D eigenvalue weighted by molar-refractivity contribution is 5.91. The molecule has 0 aliphatic rings. The SMILES string of the molecule is C=C/C=C\C(N)=N/N. The van der Waals surface area contributed by atoms with E-state index in [0.29, 0.717) is 5.84 Å². The Morgan fingerprint density at radius 1 is 1.62 bits per heavy atom. The average molecular weight is 111 g/mol. The van der Waals surface area contributed by atoms with Gasteiger partial charge >= 0.3 is 0 Å². The lowest BCUT2D eigenvalue weighted by Gasteiger charge is -1.82. The molecule has 0 aliphatic carbocycles. The molecular weight excluding hydrogens is 102 g/mol. The van der Waals surface area contributed by atoms with Crippen LogP contribution in [-0.2, 0) is 0 Å². The first-order valence-electron chi connectivity index (χ1n) is 2.13. The first kappa shape index (κ1) is 6.75. The highest BCUT2D eigenvalue weighted by Crippen LogP contribution is 1.70. The van der Waals surface area contributed by atoms with E-state index in [2.05, 4.69) is 11.7 Å². The number of hydrazone groups is 1. The standard InChI is InChI=1S/C5H9N3/c1-2-3-4-5(6)8-7/h2-4H,1,7H2,(H2,6,8)/b4-3-. The van der Waals surface area contributed by atoms with E-state index in [9.17, 15) is 0 Å². The van der Waals surface area contributed by atoms with E-state index >= 15 is 0 Å². The summed E-state index contributed by atoms with van der Waals surface area (Å²) in [5.41, 5.74) is 5.15. The van der Waals surface area contributed by atoms with Crippen molar-refractivity contribution >= 4 is 5.84 Å². The van der Waals surface area contributed by atoms with Crippen LogP contribution in [0.25, 0.3) is 0 Å². The predicted molar refractivity (Wildman–Crippen MR) is 35.1 cm³/mol. The van der Waals surface area contributed by atoms with Crippen molar-refractivity contribution in [2.75, 3.05) is 0 Å². The third-order valence-corrected chi connectivity index (χ3v) is 0.552. The fourth-order valence-corrected chi connectivity index (χ4v) is 0.210. The Hall–Kier alpha value is -1.25. The van der Waals surface area contributed by atoms with E-state index in [0.717, 1.165) is 0 Å². The Morgan fingerprint density at radius 3 is 2.62 bits per heavy atom. The average Bonchev–Trinajstić information content (AvgIpc) is 1.83. The second-order valence-corrected chi connectivity index (χ2v) is 1.15. The van der Waals surface area contributed by atoms with Crippen molar-refractivity contribution in [1.82, 2.24) is 0 Å². The molecule has 0 rings (SSSR count). The van der Waals surface area contributed by atoms with E-state index in [1.165, 1.54) is 0 Å². The summed E-state index contributed by atoms with van der Waals surface area (Å²) in [5, 5.41) is 3.19. The van der Waals surface area contributed by atoms with E-state index in [1.807, 2.05) is 0 Å². The summed E-state index contributed by atoms with van der Waals surface area (Å²) >= 11 is 0. The lowest BCUT2D eigenvalue weighted by atomic mass is 10.5. The smallest absolute Gasteiger partial charge is 0.142 e. The Bertz CT molecular complexity index is 124. The van der Waals surface area contributed by atoms with Gasteiger partial charge < -0.3 is 11.6 Å². The lowest BCUT2D eigenvalue weighted by molar-refractivity contribution is 1.24. The largest absolute Gasteiger partial charge is 0.382 e. The molecule has 3 heteroatoms. The fraction of sp³-hybridized carbons (Fsp3) is 0. The van der Waals surface area contributed by atoms with E-state index < -0.39 is 0 Å². The van der Waals surface area contributed by atoms with Crippen LogP contribution in [0.1, 0.15) is 0 Å². The van der Waals surface area contributed by atoms with Crippen LogP contribution in [-0.4, -0.2) is 5.84 Å². The molecule has 0 heterocycles. The number of rotatable bonds is 2. The highest BCUT2D eigenvalue weighted by atomic mass is 15.1. The van der Waals surface area contributed by atoms with Gasteiger partial charge in [0.25, 0.3) is 0 Å². The number of amidine groups is 1. The molecule has 0 saturated carbocycles. The van der Waals surface area contributed by atoms with Crippen LogP contribution in [0, 0.1) is 0 Å². The molecule has 0 fully saturated rings. The first-order chi connectivity index (χ1) is 3.81. The fourth-order valence-electron chi connectivity index (χ4n) is 0.210. The summed E-state index contributed by atoms with van der Waals surface area (Å²) in [6.45, 7) is 3.43. The number of hydrogen-bond acceptors (Lipinski definition) is 2. The maximum absolute atomic E-state index is 5.15. The van der Waals surface area contributed by atoms with Gasteiger partial charge in [0, 0.05) is 0 Å². The van der Waals surface area contributed by atoms with E-state index in [4.69, 9.17) is 11.6 Å². The van der Waals surface area contributed by atoms with Gasteiger partial charge in [-0.2, -0.15) is 5.10 Å². The molecule has 4 N–H and O–H groups in total. The second kappa shape index (κ2) is 3.92. The molecule has 44 valence electrons. The number of hydrogen-bond donors (Lipinski definition) is 2. The van der Waals surface area contributed by atoms with Gasteiger partial charge in [-0.3, -0.25) is 0 Å². The van der Waals surface area contributed by atoms with Gasteiger partial charge in [-0.15, -0.1) is 0 Å². The van der Waals surface area contributed by atoms with Crippen molar-refractivity contribution in [2.24, 2.45) is 16.7 Å². The minimum Gasteiger partial charge on any atom is -0.382 e. The molecule has 0 radical (unpaired) electrons. The van der Waals surface area contributed by atoms with E-state index in [-0.39, 0.29) is 0 Å². The highest BCUT2D eigenvalue weighted by Gasteiger charge is 1.74. The number of nitrogens with zero attached hydrogens (tertiary/aromatic N) is 1. The molecule has 0 aromatic carbocycles. The topological polar surface area (TPSA) is 64.4 Å². The van der Waals surface area contributed by atoms with Crippen LogP contribution < -0.4 is 11.6 Å². The van der Waals surface area contributed by atoms with Crippen molar-refractivity contribution in [3.05, 3.63) is 24.8 Å². The normalized spacial score (nSPS) is 12.2. The number of nitrogens with two attached hydrogens (primary N) is 2. The molecule has 0 amide bonds. The minimum atomic E-state index is 0.296. The van der Waals surface area contributed by atoms with Crippen LogP contribution >= 0.6 is 0 Å².